The minimum atomic E-state index is 0.418. The molecule has 2 N–H and O–H groups in total. The van der Waals surface area contributed by atoms with Gasteiger partial charge in [-0.2, -0.15) is 0 Å². The Balaban J connectivity index is 1.45. The van der Waals surface area contributed by atoms with E-state index in [1.165, 1.54) is 70.4 Å². The van der Waals surface area contributed by atoms with Gasteiger partial charge in [-0.3, -0.25) is 9.89 Å². The molecular formula is C21H35N5. The van der Waals surface area contributed by atoms with Crippen LogP contribution >= 0.6 is 0 Å². The Bertz CT molecular complexity index is 533. The second-order valence-electron chi connectivity index (χ2n) is 7.45. The summed E-state index contributed by atoms with van der Waals surface area (Å²) < 4.78 is 0. The van der Waals surface area contributed by atoms with Crippen molar-refractivity contribution in [3.05, 3.63) is 35.9 Å². The summed E-state index contributed by atoms with van der Waals surface area (Å²) in [6.45, 7) is 8.03. The Morgan fingerprint density at radius 1 is 1.00 bits per heavy atom. The lowest BCUT2D eigenvalue weighted by Crippen LogP contribution is -2.43. The molecule has 3 rings (SSSR count). The summed E-state index contributed by atoms with van der Waals surface area (Å²) >= 11 is 0. The number of rotatable bonds is 8. The van der Waals surface area contributed by atoms with E-state index >= 15 is 0 Å². The molecule has 1 aromatic carbocycles. The van der Waals surface area contributed by atoms with Crippen molar-refractivity contribution in [3.63, 3.8) is 0 Å². The number of aliphatic imine (C=N–C) groups is 1. The first-order valence-corrected chi connectivity index (χ1v) is 10.3. The van der Waals surface area contributed by atoms with Crippen LogP contribution < -0.4 is 10.6 Å². The van der Waals surface area contributed by atoms with Crippen LogP contribution in [-0.2, 0) is 0 Å². The summed E-state index contributed by atoms with van der Waals surface area (Å²) in [5, 5.41) is 7.04. The van der Waals surface area contributed by atoms with Crippen molar-refractivity contribution >= 4 is 5.96 Å². The van der Waals surface area contributed by atoms with Gasteiger partial charge < -0.3 is 15.5 Å². The average molecular weight is 358 g/mol. The van der Waals surface area contributed by atoms with Crippen molar-refractivity contribution in [1.82, 2.24) is 20.4 Å². The third-order valence-corrected chi connectivity index (χ3v) is 5.59. The summed E-state index contributed by atoms with van der Waals surface area (Å²) in [7, 11) is 1.86. The number of guanidine groups is 1. The van der Waals surface area contributed by atoms with Gasteiger partial charge >= 0.3 is 0 Å². The number of nitrogens with one attached hydrogen (secondary N) is 2. The fraction of sp³-hybridized carbons (Fsp3) is 0.667. The van der Waals surface area contributed by atoms with Crippen LogP contribution in [0.4, 0.5) is 0 Å². The molecule has 1 aromatic rings. The maximum Gasteiger partial charge on any atom is 0.191 e. The highest BCUT2D eigenvalue weighted by molar-refractivity contribution is 5.79. The van der Waals surface area contributed by atoms with Crippen molar-refractivity contribution in [2.75, 3.05) is 52.9 Å². The molecule has 2 fully saturated rings. The first kappa shape index (κ1) is 19.2. The van der Waals surface area contributed by atoms with E-state index in [1.807, 2.05) is 7.05 Å². The van der Waals surface area contributed by atoms with E-state index in [-0.39, 0.29) is 0 Å². The Morgan fingerprint density at radius 2 is 1.69 bits per heavy atom. The zero-order valence-electron chi connectivity index (χ0n) is 16.3. The van der Waals surface area contributed by atoms with Crippen LogP contribution in [0.25, 0.3) is 0 Å². The van der Waals surface area contributed by atoms with E-state index < -0.39 is 0 Å². The Kier molecular flexibility index (Phi) is 7.77. The molecule has 0 aliphatic carbocycles. The number of nitrogens with zero attached hydrogens (tertiary/aromatic N) is 3. The van der Waals surface area contributed by atoms with E-state index in [4.69, 9.17) is 0 Å². The van der Waals surface area contributed by atoms with Crippen LogP contribution in [0.15, 0.2) is 35.3 Å². The summed E-state index contributed by atoms with van der Waals surface area (Å²) in [5.41, 5.74) is 1.39. The standard InChI is InChI=1S/C21H35N5/c1-22-21(23-12-9-15-25-13-5-6-14-25)24-18-20(26-16-7-8-17-26)19-10-3-2-4-11-19/h2-4,10-11,20H,5-9,12-18H2,1H3,(H2,22,23,24). The molecule has 0 saturated carbocycles. The molecule has 1 atom stereocenters. The molecule has 0 aromatic heterocycles. The molecule has 0 bridgehead atoms. The molecule has 1 unspecified atom stereocenters. The largest absolute Gasteiger partial charge is 0.356 e. The number of hydrogen-bond acceptors (Lipinski definition) is 3. The van der Waals surface area contributed by atoms with E-state index in [0.29, 0.717) is 6.04 Å². The fourth-order valence-electron chi connectivity index (χ4n) is 4.12. The molecule has 0 spiro atoms. The second kappa shape index (κ2) is 10.5. The predicted molar refractivity (Wildman–Crippen MR) is 110 cm³/mol. The number of likely N-dealkylation sites (tertiary alicyclic amines) is 2. The van der Waals surface area contributed by atoms with Gasteiger partial charge in [-0.15, -0.1) is 0 Å². The van der Waals surface area contributed by atoms with Gasteiger partial charge in [0.15, 0.2) is 5.96 Å². The normalized spacial score (nSPS) is 20.4. The average Bonchev–Trinajstić information content (AvgIpc) is 3.38. The van der Waals surface area contributed by atoms with Crippen molar-refractivity contribution in [2.24, 2.45) is 4.99 Å². The Morgan fingerprint density at radius 3 is 2.38 bits per heavy atom. The summed E-state index contributed by atoms with van der Waals surface area (Å²) in [4.78, 5) is 9.58. The van der Waals surface area contributed by atoms with Crippen LogP contribution in [0.2, 0.25) is 0 Å². The van der Waals surface area contributed by atoms with Gasteiger partial charge in [-0.25, -0.2) is 0 Å². The third kappa shape index (κ3) is 5.71. The molecule has 0 amide bonds. The molecule has 2 heterocycles. The molecule has 144 valence electrons. The van der Waals surface area contributed by atoms with E-state index in [9.17, 15) is 0 Å². The molecule has 2 aliphatic heterocycles. The predicted octanol–water partition coefficient (Wildman–Crippen LogP) is 2.47. The van der Waals surface area contributed by atoms with Crippen LogP contribution in [0.3, 0.4) is 0 Å². The Labute approximate surface area is 158 Å². The molecule has 2 saturated heterocycles. The van der Waals surface area contributed by atoms with Gasteiger partial charge in [-0.05, 0) is 70.4 Å². The van der Waals surface area contributed by atoms with E-state index in [1.54, 1.807) is 0 Å². The monoisotopic (exact) mass is 357 g/mol. The zero-order chi connectivity index (χ0) is 18.0. The highest BCUT2D eigenvalue weighted by Crippen LogP contribution is 2.24. The number of hydrogen-bond donors (Lipinski definition) is 2. The lowest BCUT2D eigenvalue weighted by atomic mass is 10.1. The summed E-state index contributed by atoms with van der Waals surface area (Å²) in [6, 6.07) is 11.3. The van der Waals surface area contributed by atoms with Gasteiger partial charge in [0.1, 0.15) is 0 Å². The summed E-state index contributed by atoms with van der Waals surface area (Å²) in [6.07, 6.45) is 6.54. The highest BCUT2D eigenvalue weighted by atomic mass is 15.2. The van der Waals surface area contributed by atoms with Crippen LogP contribution in [0, 0.1) is 0 Å². The van der Waals surface area contributed by atoms with Crippen molar-refractivity contribution in [1.29, 1.82) is 0 Å². The molecule has 5 nitrogen and oxygen atoms in total. The molecule has 26 heavy (non-hydrogen) atoms. The van der Waals surface area contributed by atoms with Crippen molar-refractivity contribution < 1.29 is 0 Å². The maximum atomic E-state index is 4.41. The van der Waals surface area contributed by atoms with Crippen LogP contribution in [-0.4, -0.2) is 68.6 Å². The van der Waals surface area contributed by atoms with Gasteiger partial charge in [0.25, 0.3) is 0 Å². The molecule has 5 heteroatoms. The molecular weight excluding hydrogens is 322 g/mol. The molecule has 2 aliphatic rings. The quantitative estimate of drug-likeness (QED) is 0.426. The third-order valence-electron chi connectivity index (χ3n) is 5.59. The first-order chi connectivity index (χ1) is 12.9. The fourth-order valence-corrected chi connectivity index (χ4v) is 4.12. The van der Waals surface area contributed by atoms with Gasteiger partial charge in [0, 0.05) is 20.1 Å². The lowest BCUT2D eigenvalue weighted by Gasteiger charge is -2.29. The maximum absolute atomic E-state index is 4.41. The van der Waals surface area contributed by atoms with Crippen molar-refractivity contribution in [2.45, 2.75) is 38.1 Å². The highest BCUT2D eigenvalue weighted by Gasteiger charge is 2.23. The minimum absolute atomic E-state index is 0.418. The number of benzene rings is 1. The minimum Gasteiger partial charge on any atom is -0.356 e. The topological polar surface area (TPSA) is 42.9 Å². The van der Waals surface area contributed by atoms with Gasteiger partial charge in [-0.1, -0.05) is 30.3 Å². The van der Waals surface area contributed by atoms with E-state index in [0.717, 1.165) is 19.0 Å². The second-order valence-corrected chi connectivity index (χ2v) is 7.45. The Hall–Kier alpha value is -1.59. The lowest BCUT2D eigenvalue weighted by molar-refractivity contribution is 0.245. The zero-order valence-corrected chi connectivity index (χ0v) is 16.3. The van der Waals surface area contributed by atoms with Crippen molar-refractivity contribution in [3.8, 4) is 0 Å². The van der Waals surface area contributed by atoms with Gasteiger partial charge in [0.2, 0.25) is 0 Å². The van der Waals surface area contributed by atoms with Crippen LogP contribution in [0.1, 0.15) is 43.7 Å². The van der Waals surface area contributed by atoms with Gasteiger partial charge in [0.05, 0.1) is 6.04 Å². The first-order valence-electron chi connectivity index (χ1n) is 10.3. The molecule has 0 radical (unpaired) electrons. The SMILES string of the molecule is CN=C(NCCCN1CCCC1)NCC(c1ccccc1)N1CCCC1. The summed E-state index contributed by atoms with van der Waals surface area (Å²) in [5.74, 6) is 0.923. The smallest absolute Gasteiger partial charge is 0.191 e. The van der Waals surface area contributed by atoms with Crippen LogP contribution in [0.5, 0.6) is 0 Å². The van der Waals surface area contributed by atoms with E-state index in [2.05, 4.69) is 55.8 Å².